The molecule has 0 bridgehead atoms. The van der Waals surface area contributed by atoms with Crippen molar-refractivity contribution >= 4 is 32.3 Å². The molecular formula is C27H24N4. The van der Waals surface area contributed by atoms with Crippen LogP contribution in [-0.2, 0) is 0 Å². The van der Waals surface area contributed by atoms with Crippen molar-refractivity contribution in [3.05, 3.63) is 95.1 Å². The van der Waals surface area contributed by atoms with E-state index in [4.69, 9.17) is 10.2 Å². The van der Waals surface area contributed by atoms with E-state index >= 15 is 0 Å². The largest absolute Gasteiger partial charge is 0.240 e. The predicted octanol–water partition coefficient (Wildman–Crippen LogP) is 6.31. The minimum absolute atomic E-state index is 0.146. The third kappa shape index (κ3) is 2.61. The lowest BCUT2D eigenvalue weighted by Crippen LogP contribution is -2.24. The third-order valence-corrected chi connectivity index (χ3v) is 6.39. The molecule has 0 amide bonds. The second-order valence-corrected chi connectivity index (χ2v) is 8.63. The standard InChI is InChI=1S/C27H24N4/c1-16-14-18(3)30(28-16)27(31-19(4)15-17(2)29-31)24-13-11-22-9-8-20-6-5-7-21-10-12-23(24)26(22)25(20)21/h5-15,27H,1-4H3. The lowest BCUT2D eigenvalue weighted by Gasteiger charge is -2.24. The normalized spacial score (nSPS) is 12.2. The van der Waals surface area contributed by atoms with Gasteiger partial charge in [-0.1, -0.05) is 54.6 Å². The van der Waals surface area contributed by atoms with Crippen LogP contribution in [0.25, 0.3) is 32.3 Å². The number of hydrogen-bond acceptors (Lipinski definition) is 2. The second-order valence-electron chi connectivity index (χ2n) is 8.63. The molecule has 0 aliphatic carbocycles. The van der Waals surface area contributed by atoms with E-state index in [1.807, 2.05) is 13.8 Å². The van der Waals surface area contributed by atoms with Gasteiger partial charge in [-0.15, -0.1) is 0 Å². The van der Waals surface area contributed by atoms with Crippen molar-refractivity contribution in [2.45, 2.75) is 33.9 Å². The van der Waals surface area contributed by atoms with Crippen LogP contribution in [0.3, 0.4) is 0 Å². The van der Waals surface area contributed by atoms with Gasteiger partial charge in [-0.05, 0) is 72.1 Å². The van der Waals surface area contributed by atoms with E-state index in [-0.39, 0.29) is 6.17 Å². The summed E-state index contributed by atoms with van der Waals surface area (Å²) in [4.78, 5) is 0. The molecular weight excluding hydrogens is 380 g/mol. The minimum Gasteiger partial charge on any atom is -0.240 e. The number of aromatic nitrogens is 4. The van der Waals surface area contributed by atoms with E-state index in [0.717, 1.165) is 22.8 Å². The Hall–Kier alpha value is -3.66. The first-order valence-electron chi connectivity index (χ1n) is 10.7. The number of nitrogens with zero attached hydrogens (tertiary/aromatic N) is 4. The highest BCUT2D eigenvalue weighted by Gasteiger charge is 2.24. The minimum atomic E-state index is -0.146. The van der Waals surface area contributed by atoms with Crippen LogP contribution in [0, 0.1) is 27.7 Å². The van der Waals surface area contributed by atoms with Gasteiger partial charge in [-0.25, -0.2) is 9.36 Å². The molecule has 0 fully saturated rings. The van der Waals surface area contributed by atoms with Crippen molar-refractivity contribution in [1.29, 1.82) is 0 Å². The molecule has 2 heterocycles. The first-order chi connectivity index (χ1) is 15.0. The molecule has 0 aliphatic rings. The molecule has 152 valence electrons. The Morgan fingerprint density at radius 3 is 1.68 bits per heavy atom. The van der Waals surface area contributed by atoms with Crippen molar-refractivity contribution in [3.63, 3.8) is 0 Å². The van der Waals surface area contributed by atoms with Crippen LogP contribution in [0.1, 0.15) is 34.5 Å². The van der Waals surface area contributed by atoms with E-state index in [9.17, 15) is 0 Å². The van der Waals surface area contributed by atoms with Crippen LogP contribution in [0.4, 0.5) is 0 Å². The number of hydrogen-bond donors (Lipinski definition) is 0. The monoisotopic (exact) mass is 404 g/mol. The van der Waals surface area contributed by atoms with Crippen molar-refractivity contribution in [2.24, 2.45) is 0 Å². The summed E-state index contributed by atoms with van der Waals surface area (Å²) in [5, 5.41) is 17.5. The summed E-state index contributed by atoms with van der Waals surface area (Å²) in [6.45, 7) is 8.33. The van der Waals surface area contributed by atoms with Gasteiger partial charge in [0.25, 0.3) is 0 Å². The summed E-state index contributed by atoms with van der Waals surface area (Å²) >= 11 is 0. The molecule has 4 nitrogen and oxygen atoms in total. The molecule has 6 aromatic rings. The maximum atomic E-state index is 4.88. The number of rotatable bonds is 3. The molecule has 0 N–H and O–H groups in total. The highest BCUT2D eigenvalue weighted by molar-refractivity contribution is 6.23. The fraction of sp³-hybridized carbons (Fsp3) is 0.185. The van der Waals surface area contributed by atoms with Crippen LogP contribution >= 0.6 is 0 Å². The number of aryl methyl sites for hydroxylation is 4. The third-order valence-electron chi connectivity index (χ3n) is 6.39. The summed E-state index contributed by atoms with van der Waals surface area (Å²) in [5.41, 5.74) is 5.49. The lowest BCUT2D eigenvalue weighted by molar-refractivity contribution is 0.404. The average Bonchev–Trinajstić information content (AvgIpc) is 3.27. The Bertz CT molecular complexity index is 1520. The molecule has 0 aliphatic heterocycles. The highest BCUT2D eigenvalue weighted by atomic mass is 15.5. The molecule has 0 saturated heterocycles. The first-order valence-corrected chi connectivity index (χ1v) is 10.7. The van der Waals surface area contributed by atoms with Gasteiger partial charge in [0, 0.05) is 17.0 Å². The zero-order valence-corrected chi connectivity index (χ0v) is 18.2. The summed E-state index contributed by atoms with van der Waals surface area (Å²) in [6.07, 6.45) is -0.146. The van der Waals surface area contributed by atoms with Crippen LogP contribution in [0.5, 0.6) is 0 Å². The summed E-state index contributed by atoms with van der Waals surface area (Å²) < 4.78 is 4.22. The molecule has 31 heavy (non-hydrogen) atoms. The van der Waals surface area contributed by atoms with Crippen molar-refractivity contribution in [3.8, 4) is 0 Å². The van der Waals surface area contributed by atoms with Gasteiger partial charge < -0.3 is 0 Å². The SMILES string of the molecule is Cc1cc(C)n(C(c2ccc3ccc4cccc5ccc2c3c45)n2nc(C)cc2C)n1. The molecule has 0 saturated carbocycles. The van der Waals surface area contributed by atoms with Gasteiger partial charge in [0.15, 0.2) is 6.17 Å². The molecule has 0 spiro atoms. The Morgan fingerprint density at radius 2 is 1.13 bits per heavy atom. The predicted molar refractivity (Wildman–Crippen MR) is 127 cm³/mol. The van der Waals surface area contributed by atoms with Gasteiger partial charge in [0.2, 0.25) is 0 Å². The van der Waals surface area contributed by atoms with Crippen molar-refractivity contribution in [2.75, 3.05) is 0 Å². The Morgan fingerprint density at radius 1 is 0.613 bits per heavy atom. The smallest absolute Gasteiger partial charge is 0.169 e. The Labute approximate surface area is 181 Å². The average molecular weight is 405 g/mol. The van der Waals surface area contributed by atoms with Gasteiger partial charge in [-0.2, -0.15) is 10.2 Å². The molecule has 4 heteroatoms. The molecule has 0 unspecified atom stereocenters. The fourth-order valence-corrected chi connectivity index (χ4v) is 5.14. The van der Waals surface area contributed by atoms with Crippen LogP contribution in [0.15, 0.2) is 66.7 Å². The second kappa shape index (κ2) is 6.42. The van der Waals surface area contributed by atoms with Crippen LogP contribution in [0.2, 0.25) is 0 Å². The van der Waals surface area contributed by atoms with Gasteiger partial charge in [0.1, 0.15) is 0 Å². The molecule has 0 atom stereocenters. The van der Waals surface area contributed by atoms with E-state index in [1.165, 1.54) is 37.9 Å². The van der Waals surface area contributed by atoms with Crippen LogP contribution < -0.4 is 0 Å². The van der Waals surface area contributed by atoms with E-state index in [1.54, 1.807) is 0 Å². The first kappa shape index (κ1) is 18.1. The van der Waals surface area contributed by atoms with E-state index in [0.29, 0.717) is 0 Å². The Balaban J connectivity index is 1.74. The summed E-state index contributed by atoms with van der Waals surface area (Å²) in [5.74, 6) is 0. The maximum Gasteiger partial charge on any atom is 0.169 e. The molecule has 0 radical (unpaired) electrons. The van der Waals surface area contributed by atoms with Gasteiger partial charge in [0.05, 0.1) is 11.4 Å². The lowest BCUT2D eigenvalue weighted by atomic mass is 9.91. The van der Waals surface area contributed by atoms with Gasteiger partial charge >= 0.3 is 0 Å². The topological polar surface area (TPSA) is 35.6 Å². The molecule has 6 rings (SSSR count). The van der Waals surface area contributed by atoms with Crippen molar-refractivity contribution < 1.29 is 0 Å². The fourth-order valence-electron chi connectivity index (χ4n) is 5.14. The molecule has 4 aromatic carbocycles. The van der Waals surface area contributed by atoms with E-state index in [2.05, 4.69) is 89.9 Å². The maximum absolute atomic E-state index is 4.88. The zero-order valence-electron chi connectivity index (χ0n) is 18.2. The number of benzene rings is 4. The summed E-state index contributed by atoms with van der Waals surface area (Å²) in [7, 11) is 0. The Kier molecular flexibility index (Phi) is 3.75. The van der Waals surface area contributed by atoms with Gasteiger partial charge in [-0.3, -0.25) is 0 Å². The van der Waals surface area contributed by atoms with Crippen molar-refractivity contribution in [1.82, 2.24) is 19.6 Å². The quantitative estimate of drug-likeness (QED) is 0.324. The highest BCUT2D eigenvalue weighted by Crippen LogP contribution is 2.39. The summed E-state index contributed by atoms with van der Waals surface area (Å²) in [6, 6.07) is 24.3. The molecule has 2 aromatic heterocycles. The van der Waals surface area contributed by atoms with E-state index < -0.39 is 0 Å². The van der Waals surface area contributed by atoms with Crippen LogP contribution in [-0.4, -0.2) is 19.6 Å². The zero-order chi connectivity index (χ0) is 21.3.